The third-order valence-electron chi connectivity index (χ3n) is 2.53. The second kappa shape index (κ2) is 4.83. The van der Waals surface area contributed by atoms with Crippen molar-refractivity contribution in [2.75, 3.05) is 23.9 Å². The summed E-state index contributed by atoms with van der Waals surface area (Å²) >= 11 is 0. The SMILES string of the molecule is COc1ccc(Nc2ccc(N)c(N)c2)cc1F. The van der Waals surface area contributed by atoms with Crippen molar-refractivity contribution in [1.82, 2.24) is 0 Å². The maximum Gasteiger partial charge on any atom is 0.167 e. The molecule has 0 aliphatic rings. The fourth-order valence-corrected chi connectivity index (χ4v) is 1.56. The van der Waals surface area contributed by atoms with Crippen molar-refractivity contribution in [3.63, 3.8) is 0 Å². The summed E-state index contributed by atoms with van der Waals surface area (Å²) in [4.78, 5) is 0. The fraction of sp³-hybridized carbons (Fsp3) is 0.0769. The molecule has 0 heterocycles. The lowest BCUT2D eigenvalue weighted by atomic mass is 10.2. The van der Waals surface area contributed by atoms with E-state index in [2.05, 4.69) is 5.32 Å². The maximum absolute atomic E-state index is 13.5. The smallest absolute Gasteiger partial charge is 0.167 e. The van der Waals surface area contributed by atoms with Crippen LogP contribution >= 0.6 is 0 Å². The zero-order chi connectivity index (χ0) is 13.1. The Morgan fingerprint density at radius 1 is 1.00 bits per heavy atom. The van der Waals surface area contributed by atoms with Crippen molar-refractivity contribution in [3.8, 4) is 5.75 Å². The molecule has 2 aromatic carbocycles. The second-order valence-corrected chi connectivity index (χ2v) is 3.82. The molecule has 0 saturated heterocycles. The Hall–Kier alpha value is -2.43. The van der Waals surface area contributed by atoms with E-state index in [-0.39, 0.29) is 5.75 Å². The van der Waals surface area contributed by atoms with Gasteiger partial charge in [0.2, 0.25) is 0 Å². The molecule has 0 unspecified atom stereocenters. The van der Waals surface area contributed by atoms with E-state index < -0.39 is 5.82 Å². The van der Waals surface area contributed by atoms with Gasteiger partial charge in [0, 0.05) is 17.4 Å². The molecule has 0 fully saturated rings. The number of nitrogens with one attached hydrogen (secondary N) is 1. The maximum atomic E-state index is 13.5. The first-order valence-corrected chi connectivity index (χ1v) is 5.35. The number of hydrogen-bond acceptors (Lipinski definition) is 4. The van der Waals surface area contributed by atoms with E-state index in [1.807, 2.05) is 0 Å². The summed E-state index contributed by atoms with van der Waals surface area (Å²) in [5.41, 5.74) is 13.7. The molecule has 0 bridgehead atoms. The van der Waals surface area contributed by atoms with Gasteiger partial charge in [-0.3, -0.25) is 0 Å². The number of nitrogen functional groups attached to an aromatic ring is 2. The molecular formula is C13H14FN3O. The third-order valence-corrected chi connectivity index (χ3v) is 2.53. The van der Waals surface area contributed by atoms with Gasteiger partial charge in [0.1, 0.15) is 0 Å². The van der Waals surface area contributed by atoms with Crippen LogP contribution in [0.2, 0.25) is 0 Å². The molecule has 0 atom stereocenters. The Kier molecular flexibility index (Phi) is 3.23. The van der Waals surface area contributed by atoms with E-state index in [1.54, 1.807) is 30.3 Å². The van der Waals surface area contributed by atoms with E-state index in [0.717, 1.165) is 5.69 Å². The highest BCUT2D eigenvalue weighted by Gasteiger charge is 2.04. The van der Waals surface area contributed by atoms with Gasteiger partial charge in [0.15, 0.2) is 11.6 Å². The lowest BCUT2D eigenvalue weighted by Crippen LogP contribution is -1.97. The van der Waals surface area contributed by atoms with Crippen molar-refractivity contribution in [3.05, 3.63) is 42.2 Å². The highest BCUT2D eigenvalue weighted by molar-refractivity contribution is 5.72. The van der Waals surface area contributed by atoms with Gasteiger partial charge in [-0.25, -0.2) is 4.39 Å². The van der Waals surface area contributed by atoms with Gasteiger partial charge in [-0.1, -0.05) is 0 Å². The summed E-state index contributed by atoms with van der Waals surface area (Å²) in [6.07, 6.45) is 0. The van der Waals surface area contributed by atoms with Crippen LogP contribution in [0.4, 0.5) is 27.1 Å². The second-order valence-electron chi connectivity index (χ2n) is 3.82. The van der Waals surface area contributed by atoms with Crippen LogP contribution < -0.4 is 21.5 Å². The van der Waals surface area contributed by atoms with Gasteiger partial charge in [-0.05, 0) is 30.3 Å². The van der Waals surface area contributed by atoms with Crippen molar-refractivity contribution < 1.29 is 9.13 Å². The summed E-state index contributed by atoms with van der Waals surface area (Å²) in [6.45, 7) is 0. The summed E-state index contributed by atoms with van der Waals surface area (Å²) < 4.78 is 18.3. The fourth-order valence-electron chi connectivity index (χ4n) is 1.56. The van der Waals surface area contributed by atoms with Crippen LogP contribution in [-0.2, 0) is 0 Å². The van der Waals surface area contributed by atoms with Crippen LogP contribution in [0.1, 0.15) is 0 Å². The molecule has 0 spiro atoms. The number of halogens is 1. The molecular weight excluding hydrogens is 233 g/mol. The van der Waals surface area contributed by atoms with E-state index in [9.17, 15) is 4.39 Å². The van der Waals surface area contributed by atoms with Gasteiger partial charge in [-0.15, -0.1) is 0 Å². The number of nitrogens with two attached hydrogens (primary N) is 2. The van der Waals surface area contributed by atoms with Crippen LogP contribution in [0.25, 0.3) is 0 Å². The molecule has 2 aromatic rings. The lowest BCUT2D eigenvalue weighted by Gasteiger charge is -2.09. The van der Waals surface area contributed by atoms with Crippen molar-refractivity contribution in [2.45, 2.75) is 0 Å². The van der Waals surface area contributed by atoms with E-state index in [4.69, 9.17) is 16.2 Å². The van der Waals surface area contributed by atoms with E-state index in [0.29, 0.717) is 17.1 Å². The number of ether oxygens (including phenoxy) is 1. The first-order valence-electron chi connectivity index (χ1n) is 5.35. The molecule has 0 aromatic heterocycles. The van der Waals surface area contributed by atoms with E-state index >= 15 is 0 Å². The normalized spacial score (nSPS) is 10.1. The molecule has 0 aliphatic carbocycles. The molecule has 0 aliphatic heterocycles. The topological polar surface area (TPSA) is 73.3 Å². The zero-order valence-electron chi connectivity index (χ0n) is 9.91. The average Bonchev–Trinajstić information content (AvgIpc) is 2.34. The molecule has 4 nitrogen and oxygen atoms in total. The van der Waals surface area contributed by atoms with Crippen LogP contribution in [0.15, 0.2) is 36.4 Å². The average molecular weight is 247 g/mol. The number of anilines is 4. The van der Waals surface area contributed by atoms with Gasteiger partial charge >= 0.3 is 0 Å². The highest BCUT2D eigenvalue weighted by Crippen LogP contribution is 2.26. The summed E-state index contributed by atoms with van der Waals surface area (Å²) in [5, 5.41) is 3.03. The predicted molar refractivity (Wildman–Crippen MR) is 71.5 cm³/mol. The quantitative estimate of drug-likeness (QED) is 0.729. The first-order chi connectivity index (χ1) is 8.60. The van der Waals surface area contributed by atoms with Crippen molar-refractivity contribution in [1.29, 1.82) is 0 Å². The summed E-state index contributed by atoms with van der Waals surface area (Å²) in [6, 6.07) is 9.78. The van der Waals surface area contributed by atoms with Crippen LogP contribution in [0.3, 0.4) is 0 Å². The van der Waals surface area contributed by atoms with Gasteiger partial charge in [-0.2, -0.15) is 0 Å². The largest absolute Gasteiger partial charge is 0.494 e. The number of hydrogen-bond donors (Lipinski definition) is 3. The highest BCUT2D eigenvalue weighted by atomic mass is 19.1. The van der Waals surface area contributed by atoms with Crippen LogP contribution in [-0.4, -0.2) is 7.11 Å². The molecule has 94 valence electrons. The number of benzene rings is 2. The van der Waals surface area contributed by atoms with Crippen LogP contribution in [0.5, 0.6) is 5.75 Å². The zero-order valence-corrected chi connectivity index (χ0v) is 9.91. The van der Waals surface area contributed by atoms with Crippen molar-refractivity contribution >= 4 is 22.7 Å². The summed E-state index contributed by atoms with van der Waals surface area (Å²) in [7, 11) is 1.42. The molecule has 0 saturated carbocycles. The minimum absolute atomic E-state index is 0.206. The molecule has 0 amide bonds. The Balaban J connectivity index is 2.23. The third kappa shape index (κ3) is 2.45. The first kappa shape index (κ1) is 12.0. The molecule has 0 radical (unpaired) electrons. The Bertz CT molecular complexity index is 572. The van der Waals surface area contributed by atoms with E-state index in [1.165, 1.54) is 13.2 Å². The predicted octanol–water partition coefficient (Wildman–Crippen LogP) is 2.74. The van der Waals surface area contributed by atoms with Crippen LogP contribution in [0, 0.1) is 5.82 Å². The Morgan fingerprint density at radius 3 is 2.28 bits per heavy atom. The summed E-state index contributed by atoms with van der Waals surface area (Å²) in [5.74, 6) is -0.219. The Labute approximate surface area is 104 Å². The van der Waals surface area contributed by atoms with Gasteiger partial charge in [0.05, 0.1) is 18.5 Å². The minimum Gasteiger partial charge on any atom is -0.494 e. The lowest BCUT2D eigenvalue weighted by molar-refractivity contribution is 0.386. The van der Waals surface area contributed by atoms with Crippen molar-refractivity contribution in [2.24, 2.45) is 0 Å². The van der Waals surface area contributed by atoms with Gasteiger partial charge < -0.3 is 21.5 Å². The minimum atomic E-state index is -0.425. The monoisotopic (exact) mass is 247 g/mol. The molecule has 5 N–H and O–H groups in total. The number of rotatable bonds is 3. The standard InChI is InChI=1S/C13H14FN3O/c1-18-13-5-3-8(6-10(13)14)17-9-2-4-11(15)12(16)7-9/h2-7,17H,15-16H2,1H3. The molecule has 5 heteroatoms. The van der Waals surface area contributed by atoms with Gasteiger partial charge in [0.25, 0.3) is 0 Å². The number of methoxy groups -OCH3 is 1. The Morgan fingerprint density at radius 2 is 1.67 bits per heavy atom. The molecule has 2 rings (SSSR count). The molecule has 18 heavy (non-hydrogen) atoms.